The van der Waals surface area contributed by atoms with Gasteiger partial charge < -0.3 is 18.9 Å². The number of nitrogens with zero attached hydrogens (tertiary/aromatic N) is 1. The summed E-state index contributed by atoms with van der Waals surface area (Å²) in [5, 5.41) is 0. The molecule has 0 aromatic heterocycles. The minimum atomic E-state index is -4.28. The number of carbonyl (C=O) groups excluding carboxylic acids is 1. The predicted molar refractivity (Wildman–Crippen MR) is 243 cm³/mol. The van der Waals surface area contributed by atoms with E-state index in [4.69, 9.17) is 18.5 Å². The van der Waals surface area contributed by atoms with Crippen molar-refractivity contribution in [1.29, 1.82) is 0 Å². The fourth-order valence-corrected chi connectivity index (χ4v) is 7.50. The SMILES string of the molecule is CCCCC/C=C\C/C=C\CCCCCCCCOCC(COP(=O)(O)OCC[N+](C)(C)C)OC(=O)CCCCCCCCCCCCCCCCCCCCC. The molecular formula is C48H95NO7P+. The monoisotopic (exact) mass is 829 g/mol. The maximum Gasteiger partial charge on any atom is 0.472 e. The van der Waals surface area contributed by atoms with Crippen molar-refractivity contribution >= 4 is 13.8 Å². The summed E-state index contributed by atoms with van der Waals surface area (Å²) >= 11 is 0. The van der Waals surface area contributed by atoms with Crippen molar-refractivity contribution in [1.82, 2.24) is 0 Å². The van der Waals surface area contributed by atoms with Crippen molar-refractivity contribution < 1.29 is 37.3 Å². The van der Waals surface area contributed by atoms with Crippen molar-refractivity contribution in [3.63, 3.8) is 0 Å². The van der Waals surface area contributed by atoms with E-state index in [1.807, 2.05) is 21.1 Å². The van der Waals surface area contributed by atoms with E-state index < -0.39 is 13.9 Å². The Labute approximate surface area is 353 Å². The van der Waals surface area contributed by atoms with Gasteiger partial charge in [-0.3, -0.25) is 13.8 Å². The highest BCUT2D eigenvalue weighted by Gasteiger charge is 2.26. The summed E-state index contributed by atoms with van der Waals surface area (Å²) < 4.78 is 35.1. The van der Waals surface area contributed by atoms with Crippen LogP contribution in [0.4, 0.5) is 0 Å². The number of phosphoric ester groups is 1. The Morgan fingerprint density at radius 1 is 0.544 bits per heavy atom. The number of hydrogen-bond donors (Lipinski definition) is 1. The summed E-state index contributed by atoms with van der Waals surface area (Å²) in [6.45, 7) is 5.61. The van der Waals surface area contributed by atoms with Gasteiger partial charge in [0.15, 0.2) is 0 Å². The Morgan fingerprint density at radius 2 is 0.965 bits per heavy atom. The Kier molecular flexibility index (Phi) is 41.0. The van der Waals surface area contributed by atoms with E-state index in [1.54, 1.807) is 0 Å². The fourth-order valence-electron chi connectivity index (χ4n) is 6.76. The molecule has 0 aliphatic heterocycles. The predicted octanol–water partition coefficient (Wildman–Crippen LogP) is 14.4. The van der Waals surface area contributed by atoms with E-state index >= 15 is 0 Å². The molecule has 0 aromatic rings. The second-order valence-corrected chi connectivity index (χ2v) is 19.0. The molecule has 1 N–H and O–H groups in total. The largest absolute Gasteiger partial charge is 0.472 e. The third kappa shape index (κ3) is 45.9. The molecule has 0 saturated heterocycles. The zero-order valence-electron chi connectivity index (χ0n) is 38.3. The first-order valence-electron chi connectivity index (χ1n) is 24.1. The van der Waals surface area contributed by atoms with E-state index in [-0.39, 0.29) is 25.8 Å². The van der Waals surface area contributed by atoms with Gasteiger partial charge in [0.25, 0.3) is 0 Å². The average molecular weight is 829 g/mol. The molecule has 0 heterocycles. The van der Waals surface area contributed by atoms with Crippen molar-refractivity contribution in [3.8, 4) is 0 Å². The molecule has 0 radical (unpaired) electrons. The van der Waals surface area contributed by atoms with Crippen LogP contribution in [0, 0.1) is 0 Å². The summed E-state index contributed by atoms with van der Waals surface area (Å²) in [5.74, 6) is -0.313. The van der Waals surface area contributed by atoms with Crippen LogP contribution in [0.3, 0.4) is 0 Å². The van der Waals surface area contributed by atoms with Gasteiger partial charge in [-0.15, -0.1) is 0 Å². The van der Waals surface area contributed by atoms with E-state index in [9.17, 15) is 14.3 Å². The molecule has 0 spiro atoms. The van der Waals surface area contributed by atoms with Crippen LogP contribution in [0.1, 0.15) is 219 Å². The minimum Gasteiger partial charge on any atom is -0.457 e. The Bertz CT molecular complexity index is 967. The number of phosphoric acid groups is 1. The van der Waals surface area contributed by atoms with Crippen LogP contribution >= 0.6 is 7.82 Å². The molecule has 9 heteroatoms. The number of esters is 1. The first kappa shape index (κ1) is 56.0. The van der Waals surface area contributed by atoms with Crippen LogP contribution < -0.4 is 0 Å². The second-order valence-electron chi connectivity index (χ2n) is 17.5. The number of likely N-dealkylation sites (N-methyl/N-ethyl adjacent to an activating group) is 1. The smallest absolute Gasteiger partial charge is 0.457 e. The lowest BCUT2D eigenvalue weighted by molar-refractivity contribution is -0.870. The number of hydrogen-bond acceptors (Lipinski definition) is 6. The van der Waals surface area contributed by atoms with Crippen molar-refractivity contribution in [2.24, 2.45) is 0 Å². The van der Waals surface area contributed by atoms with Crippen LogP contribution in [-0.4, -0.2) is 75.6 Å². The number of quaternary nitrogens is 1. The van der Waals surface area contributed by atoms with E-state index in [0.717, 1.165) is 44.9 Å². The Balaban J connectivity index is 4.16. The summed E-state index contributed by atoms with van der Waals surface area (Å²) in [5.41, 5.74) is 0. The highest BCUT2D eigenvalue weighted by atomic mass is 31.2. The van der Waals surface area contributed by atoms with Crippen LogP contribution in [0.15, 0.2) is 24.3 Å². The number of rotatable bonds is 45. The molecule has 0 aliphatic rings. The molecule has 0 aromatic carbocycles. The molecule has 338 valence electrons. The van der Waals surface area contributed by atoms with Crippen molar-refractivity contribution in [3.05, 3.63) is 24.3 Å². The topological polar surface area (TPSA) is 91.3 Å². The van der Waals surface area contributed by atoms with Gasteiger partial charge in [-0.05, 0) is 44.9 Å². The summed E-state index contributed by atoms with van der Waals surface area (Å²) in [7, 11) is 1.67. The van der Waals surface area contributed by atoms with Crippen molar-refractivity contribution in [2.75, 3.05) is 54.1 Å². The molecule has 2 atom stereocenters. The zero-order chi connectivity index (χ0) is 42.0. The fraction of sp³-hybridized carbons (Fsp3) is 0.896. The summed E-state index contributed by atoms with van der Waals surface area (Å²) in [4.78, 5) is 22.9. The molecule has 57 heavy (non-hydrogen) atoms. The first-order chi connectivity index (χ1) is 27.6. The van der Waals surface area contributed by atoms with E-state index in [0.29, 0.717) is 24.1 Å². The summed E-state index contributed by atoms with van der Waals surface area (Å²) in [6, 6.07) is 0. The van der Waals surface area contributed by atoms with Gasteiger partial charge in [0, 0.05) is 13.0 Å². The van der Waals surface area contributed by atoms with Gasteiger partial charge in [0.1, 0.15) is 19.3 Å². The van der Waals surface area contributed by atoms with Gasteiger partial charge in [-0.1, -0.05) is 192 Å². The van der Waals surface area contributed by atoms with Crippen LogP contribution in [-0.2, 0) is 27.9 Å². The quantitative estimate of drug-likeness (QED) is 0.0215. The molecule has 0 rings (SSSR count). The lowest BCUT2D eigenvalue weighted by atomic mass is 10.0. The maximum absolute atomic E-state index is 12.7. The van der Waals surface area contributed by atoms with Crippen LogP contribution in [0.25, 0.3) is 0 Å². The molecule has 0 bridgehead atoms. The lowest BCUT2D eigenvalue weighted by Gasteiger charge is -2.24. The Morgan fingerprint density at radius 3 is 1.46 bits per heavy atom. The number of unbranched alkanes of at least 4 members (excludes halogenated alkanes) is 27. The van der Waals surface area contributed by atoms with E-state index in [2.05, 4.69) is 38.2 Å². The third-order valence-electron chi connectivity index (χ3n) is 10.5. The lowest BCUT2D eigenvalue weighted by Crippen LogP contribution is -2.37. The molecule has 0 fully saturated rings. The van der Waals surface area contributed by atoms with Gasteiger partial charge in [0.05, 0.1) is 34.4 Å². The molecule has 0 amide bonds. The van der Waals surface area contributed by atoms with E-state index in [1.165, 1.54) is 154 Å². The van der Waals surface area contributed by atoms with Gasteiger partial charge in [-0.25, -0.2) is 4.57 Å². The molecule has 2 unspecified atom stereocenters. The molecule has 0 saturated carbocycles. The highest BCUT2D eigenvalue weighted by Crippen LogP contribution is 2.43. The van der Waals surface area contributed by atoms with Gasteiger partial charge >= 0.3 is 13.8 Å². The molecular weight excluding hydrogens is 734 g/mol. The maximum atomic E-state index is 12.7. The Hall–Kier alpha value is -1.02. The molecule has 8 nitrogen and oxygen atoms in total. The zero-order valence-corrected chi connectivity index (χ0v) is 39.2. The first-order valence-corrected chi connectivity index (χ1v) is 25.6. The standard InChI is InChI=1S/C48H94NO7P/c1-6-8-10-12-14-16-18-20-22-24-25-26-27-29-31-33-35-37-39-41-48(50)56-47(46-55-57(51,52)54-44-42-49(3,4)5)45-53-43-40-38-36-34-32-30-28-23-21-19-17-15-13-11-9-7-2/h15,17,21,23,47H,6-14,16,18-20,22,24-46H2,1-5H3/p+1/b17-15-,23-21-. The van der Waals surface area contributed by atoms with Gasteiger partial charge in [-0.2, -0.15) is 0 Å². The highest BCUT2D eigenvalue weighted by molar-refractivity contribution is 7.47. The summed E-state index contributed by atoms with van der Waals surface area (Å²) in [6.07, 6.45) is 47.8. The third-order valence-corrected chi connectivity index (χ3v) is 11.5. The minimum absolute atomic E-state index is 0.0885. The van der Waals surface area contributed by atoms with Crippen LogP contribution in [0.5, 0.6) is 0 Å². The van der Waals surface area contributed by atoms with Gasteiger partial charge in [0.2, 0.25) is 0 Å². The van der Waals surface area contributed by atoms with Crippen molar-refractivity contribution in [2.45, 2.75) is 225 Å². The van der Waals surface area contributed by atoms with Crippen LogP contribution in [0.2, 0.25) is 0 Å². The normalized spacial score (nSPS) is 13.9. The second kappa shape index (κ2) is 41.7. The number of ether oxygens (including phenoxy) is 2. The number of allylic oxidation sites excluding steroid dienone is 4. The average Bonchev–Trinajstić information content (AvgIpc) is 3.16. The number of carbonyl (C=O) groups is 1. The molecule has 0 aliphatic carbocycles.